The Hall–Kier alpha value is -0.420. The van der Waals surface area contributed by atoms with E-state index in [9.17, 15) is 9.90 Å². The van der Waals surface area contributed by atoms with Crippen LogP contribution in [0, 0.1) is 0 Å². The summed E-state index contributed by atoms with van der Waals surface area (Å²) in [6.45, 7) is 0. The van der Waals surface area contributed by atoms with Crippen LogP contribution in [0.25, 0.3) is 0 Å². The first-order chi connectivity index (χ1) is 6.86. The minimum absolute atomic E-state index is 0.0181. The van der Waals surface area contributed by atoms with Crippen LogP contribution in [-0.2, 0) is 4.74 Å². The van der Waals surface area contributed by atoms with Crippen LogP contribution in [0.5, 0.6) is 0 Å². The van der Waals surface area contributed by atoms with E-state index in [0.717, 1.165) is 0 Å². The molecule has 0 fully saturated rings. The van der Waals surface area contributed by atoms with Crippen LogP contribution >= 0.6 is 34.8 Å². The van der Waals surface area contributed by atoms with Gasteiger partial charge in [0.15, 0.2) is 6.10 Å². The van der Waals surface area contributed by atoms with E-state index in [1.807, 2.05) is 0 Å². The molecule has 4 nitrogen and oxygen atoms in total. The first-order valence-electron chi connectivity index (χ1n) is 3.79. The Morgan fingerprint density at radius 2 is 2.13 bits per heavy atom. The molecule has 0 aliphatic rings. The predicted octanol–water partition coefficient (Wildman–Crippen LogP) is 2.47. The van der Waals surface area contributed by atoms with Crippen LogP contribution in [0.4, 0.5) is 0 Å². The first-order valence-corrected chi connectivity index (χ1v) is 4.92. The summed E-state index contributed by atoms with van der Waals surface area (Å²) >= 11 is 16.3. The van der Waals surface area contributed by atoms with Crippen molar-refractivity contribution in [3.8, 4) is 0 Å². The highest BCUT2D eigenvalue weighted by molar-refractivity contribution is 6.67. The average molecular weight is 273 g/mol. The molecule has 1 unspecified atom stereocenters. The number of aliphatic hydroxyl groups is 1. The molecule has 0 aromatic carbocycles. The third kappa shape index (κ3) is 3.01. The maximum absolute atomic E-state index is 11.0. The van der Waals surface area contributed by atoms with Crippen LogP contribution in [0.1, 0.15) is 22.4 Å². The number of aliphatic hydroxyl groups excluding tert-OH is 1. The van der Waals surface area contributed by atoms with Crippen molar-refractivity contribution in [3.05, 3.63) is 23.7 Å². The van der Waals surface area contributed by atoms with Gasteiger partial charge in [-0.15, -0.1) is 0 Å². The minimum atomic E-state index is -1.91. The molecule has 1 atom stereocenters. The SMILES string of the molecule is COC(=O)c1ccc(C(O)C(Cl)(Cl)Cl)o1. The molecule has 84 valence electrons. The Kier molecular flexibility index (Phi) is 3.89. The van der Waals surface area contributed by atoms with Gasteiger partial charge in [0.25, 0.3) is 0 Å². The molecular weight excluding hydrogens is 266 g/mol. The third-order valence-corrected chi connectivity index (χ3v) is 2.21. The maximum atomic E-state index is 11.0. The van der Waals surface area contributed by atoms with Crippen molar-refractivity contribution in [1.82, 2.24) is 0 Å². The zero-order chi connectivity index (χ0) is 11.6. The van der Waals surface area contributed by atoms with Crippen molar-refractivity contribution in [2.24, 2.45) is 0 Å². The fourth-order valence-electron chi connectivity index (χ4n) is 0.871. The molecule has 1 aromatic heterocycles. The Morgan fingerprint density at radius 1 is 1.53 bits per heavy atom. The molecule has 7 heteroatoms. The highest BCUT2D eigenvalue weighted by atomic mass is 35.6. The highest BCUT2D eigenvalue weighted by Gasteiger charge is 2.34. The monoisotopic (exact) mass is 272 g/mol. The molecule has 15 heavy (non-hydrogen) atoms. The van der Waals surface area contributed by atoms with Crippen LogP contribution in [-0.4, -0.2) is 22.0 Å². The highest BCUT2D eigenvalue weighted by Crippen LogP contribution is 2.40. The number of furan rings is 1. The molecular formula is C8H7Cl3O4. The lowest BCUT2D eigenvalue weighted by molar-refractivity contribution is 0.0555. The normalized spacial score (nSPS) is 13.7. The van der Waals surface area contributed by atoms with Crippen LogP contribution in [0.3, 0.4) is 0 Å². The molecule has 0 bridgehead atoms. The molecule has 0 aliphatic carbocycles. The molecule has 0 saturated heterocycles. The first kappa shape index (κ1) is 12.6. The van der Waals surface area contributed by atoms with Gasteiger partial charge >= 0.3 is 5.97 Å². The fraction of sp³-hybridized carbons (Fsp3) is 0.375. The van der Waals surface area contributed by atoms with Gasteiger partial charge in [-0.2, -0.15) is 0 Å². The number of carbonyl (C=O) groups excluding carboxylic acids is 1. The second-order valence-electron chi connectivity index (χ2n) is 2.64. The largest absolute Gasteiger partial charge is 0.463 e. The quantitative estimate of drug-likeness (QED) is 0.664. The van der Waals surface area contributed by atoms with E-state index >= 15 is 0 Å². The zero-order valence-corrected chi connectivity index (χ0v) is 9.81. The molecule has 0 radical (unpaired) electrons. The number of ether oxygens (including phenoxy) is 1. The van der Waals surface area contributed by atoms with Gasteiger partial charge in [0.1, 0.15) is 5.76 Å². The number of rotatable bonds is 2. The number of hydrogen-bond acceptors (Lipinski definition) is 4. The number of alkyl halides is 3. The lowest BCUT2D eigenvalue weighted by atomic mass is 10.3. The van der Waals surface area contributed by atoms with Crippen molar-refractivity contribution in [1.29, 1.82) is 0 Å². The van der Waals surface area contributed by atoms with Gasteiger partial charge in [-0.05, 0) is 12.1 Å². The Morgan fingerprint density at radius 3 is 2.60 bits per heavy atom. The summed E-state index contributed by atoms with van der Waals surface area (Å²) in [5, 5.41) is 9.48. The summed E-state index contributed by atoms with van der Waals surface area (Å²) < 4.78 is 7.44. The second-order valence-corrected chi connectivity index (χ2v) is 5.01. The lowest BCUT2D eigenvalue weighted by Gasteiger charge is -2.15. The van der Waals surface area contributed by atoms with Crippen LogP contribution in [0.15, 0.2) is 16.5 Å². The summed E-state index contributed by atoms with van der Waals surface area (Å²) in [5.74, 6) is -0.756. The molecule has 0 aliphatic heterocycles. The zero-order valence-electron chi connectivity index (χ0n) is 7.54. The number of hydrogen-bond donors (Lipinski definition) is 1. The standard InChI is InChI=1S/C8H7Cl3O4/c1-14-7(13)5-3-2-4(15-5)6(12)8(9,10)11/h2-3,6,12H,1H3. The van der Waals surface area contributed by atoms with Gasteiger partial charge < -0.3 is 14.3 Å². The van der Waals surface area contributed by atoms with Gasteiger partial charge in [-0.3, -0.25) is 0 Å². The van der Waals surface area contributed by atoms with E-state index in [1.165, 1.54) is 19.2 Å². The molecule has 0 spiro atoms. The summed E-state index contributed by atoms with van der Waals surface area (Å²) in [4.78, 5) is 11.0. The van der Waals surface area contributed by atoms with Crippen LogP contribution < -0.4 is 0 Å². The van der Waals surface area contributed by atoms with E-state index < -0.39 is 15.9 Å². The topological polar surface area (TPSA) is 59.7 Å². The number of esters is 1. The van der Waals surface area contributed by atoms with E-state index in [1.54, 1.807) is 0 Å². The summed E-state index contributed by atoms with van der Waals surface area (Å²) in [6.07, 6.45) is -1.44. The minimum Gasteiger partial charge on any atom is -0.463 e. The average Bonchev–Trinajstić information content (AvgIpc) is 2.62. The molecule has 1 N–H and O–H groups in total. The van der Waals surface area contributed by atoms with Gasteiger partial charge in [0, 0.05) is 0 Å². The number of carbonyl (C=O) groups is 1. The molecule has 0 amide bonds. The van der Waals surface area contributed by atoms with Crippen molar-refractivity contribution < 1.29 is 19.1 Å². The summed E-state index contributed by atoms with van der Waals surface area (Å²) in [6, 6.07) is 2.65. The van der Waals surface area contributed by atoms with Crippen molar-refractivity contribution in [2.45, 2.75) is 9.90 Å². The molecule has 1 aromatic rings. The van der Waals surface area contributed by atoms with Gasteiger partial charge in [0.2, 0.25) is 9.55 Å². The van der Waals surface area contributed by atoms with Crippen molar-refractivity contribution in [3.63, 3.8) is 0 Å². The van der Waals surface area contributed by atoms with Gasteiger partial charge in [-0.1, -0.05) is 34.8 Å². The predicted molar refractivity (Wildman–Crippen MR) is 55.3 cm³/mol. The Bertz CT molecular complexity index is 355. The second kappa shape index (κ2) is 4.61. The lowest BCUT2D eigenvalue weighted by Crippen LogP contribution is -2.15. The third-order valence-electron chi connectivity index (χ3n) is 1.59. The number of halogens is 3. The van der Waals surface area contributed by atoms with Crippen molar-refractivity contribution in [2.75, 3.05) is 7.11 Å². The molecule has 1 rings (SSSR count). The van der Waals surface area contributed by atoms with Gasteiger partial charge in [-0.25, -0.2) is 4.79 Å². The molecule has 1 heterocycles. The van der Waals surface area contributed by atoms with Gasteiger partial charge in [0.05, 0.1) is 7.11 Å². The van der Waals surface area contributed by atoms with E-state index in [0.29, 0.717) is 0 Å². The Labute approximate surface area is 101 Å². The van der Waals surface area contributed by atoms with E-state index in [2.05, 4.69) is 4.74 Å². The van der Waals surface area contributed by atoms with Crippen molar-refractivity contribution >= 4 is 40.8 Å². The van der Waals surface area contributed by atoms with Crippen LogP contribution in [0.2, 0.25) is 0 Å². The molecule has 0 saturated carbocycles. The summed E-state index contributed by atoms with van der Waals surface area (Å²) in [7, 11) is 1.20. The van der Waals surface area contributed by atoms with E-state index in [4.69, 9.17) is 39.2 Å². The maximum Gasteiger partial charge on any atom is 0.373 e. The fourth-order valence-corrected chi connectivity index (χ4v) is 1.19. The summed E-state index contributed by atoms with van der Waals surface area (Å²) in [5.41, 5.74) is 0. The van der Waals surface area contributed by atoms with E-state index in [-0.39, 0.29) is 11.5 Å². The smallest absolute Gasteiger partial charge is 0.373 e. The Balaban J connectivity index is 2.89. The number of methoxy groups -OCH3 is 1.